The predicted molar refractivity (Wildman–Crippen MR) is 107 cm³/mol. The maximum Gasteiger partial charge on any atom is 0.415 e. The molecule has 0 saturated heterocycles. The van der Waals surface area contributed by atoms with Crippen molar-refractivity contribution in [3.63, 3.8) is 0 Å². The molecule has 6 heteroatoms. The third-order valence-corrected chi connectivity index (χ3v) is 4.75. The van der Waals surface area contributed by atoms with E-state index in [-0.39, 0.29) is 0 Å². The molecular formula is C21H20ClNO4. The van der Waals surface area contributed by atoms with E-state index in [0.29, 0.717) is 35.0 Å². The summed E-state index contributed by atoms with van der Waals surface area (Å²) in [6.07, 6.45) is -0.434. The number of hydrogen-bond acceptors (Lipinski definition) is 4. The molecule has 0 fully saturated rings. The molecule has 3 rings (SSSR count). The Bertz CT molecular complexity index is 1040. The van der Waals surface area contributed by atoms with Crippen LogP contribution >= 0.6 is 11.6 Å². The first-order chi connectivity index (χ1) is 12.9. The summed E-state index contributed by atoms with van der Waals surface area (Å²) >= 11 is 5.93. The molecule has 3 aromatic rings. The summed E-state index contributed by atoms with van der Waals surface area (Å²) < 4.78 is 10.9. The number of halogens is 1. The van der Waals surface area contributed by atoms with Gasteiger partial charge in [0, 0.05) is 29.6 Å². The third kappa shape index (κ3) is 3.83. The van der Waals surface area contributed by atoms with E-state index in [0.717, 1.165) is 16.5 Å². The van der Waals surface area contributed by atoms with Gasteiger partial charge in [0.25, 0.3) is 0 Å². The van der Waals surface area contributed by atoms with Gasteiger partial charge in [-0.05, 0) is 56.2 Å². The van der Waals surface area contributed by atoms with E-state index in [1.54, 1.807) is 47.4 Å². The van der Waals surface area contributed by atoms with Gasteiger partial charge in [0.05, 0.1) is 5.56 Å². The predicted octanol–water partition coefficient (Wildman–Crippen LogP) is 5.26. The molecule has 1 heterocycles. The summed E-state index contributed by atoms with van der Waals surface area (Å²) in [4.78, 5) is 26.2. The van der Waals surface area contributed by atoms with Gasteiger partial charge in [-0.2, -0.15) is 0 Å². The number of carbonyl (C=O) groups excluding carboxylic acids is 1. The first kappa shape index (κ1) is 19.0. The van der Waals surface area contributed by atoms with Crippen LogP contribution in [-0.4, -0.2) is 24.1 Å². The van der Waals surface area contributed by atoms with Crippen LogP contribution in [0.2, 0.25) is 5.02 Å². The average Bonchev–Trinajstić information content (AvgIpc) is 2.64. The Morgan fingerprint density at radius 1 is 1.11 bits per heavy atom. The summed E-state index contributed by atoms with van der Waals surface area (Å²) in [5, 5.41) is 1.38. The van der Waals surface area contributed by atoms with E-state index in [1.165, 1.54) is 0 Å². The van der Waals surface area contributed by atoms with E-state index in [4.69, 9.17) is 20.8 Å². The number of rotatable bonds is 4. The zero-order valence-electron chi connectivity index (χ0n) is 15.4. The van der Waals surface area contributed by atoms with Crippen molar-refractivity contribution >= 4 is 28.7 Å². The SMILES string of the molecule is CCN(CC)C(=O)Oc1ccc2c(C)c(-c3ccc(Cl)cc3)c(=O)oc2c1. The number of nitrogens with zero attached hydrogens (tertiary/aromatic N) is 1. The number of ether oxygens (including phenoxy) is 1. The highest BCUT2D eigenvalue weighted by Crippen LogP contribution is 2.29. The van der Waals surface area contributed by atoms with Crippen LogP contribution in [0.25, 0.3) is 22.1 Å². The molecule has 0 aliphatic carbocycles. The Morgan fingerprint density at radius 3 is 2.41 bits per heavy atom. The monoisotopic (exact) mass is 385 g/mol. The van der Waals surface area contributed by atoms with Crippen LogP contribution in [0.4, 0.5) is 4.79 Å². The molecular weight excluding hydrogens is 366 g/mol. The second-order valence-corrected chi connectivity index (χ2v) is 6.53. The normalized spacial score (nSPS) is 10.8. The highest BCUT2D eigenvalue weighted by atomic mass is 35.5. The number of fused-ring (bicyclic) bond motifs is 1. The largest absolute Gasteiger partial charge is 0.422 e. The lowest BCUT2D eigenvalue weighted by molar-refractivity contribution is 0.157. The smallest absolute Gasteiger partial charge is 0.415 e. The number of aryl methyl sites for hydroxylation is 1. The maximum absolute atomic E-state index is 12.6. The first-order valence-corrected chi connectivity index (χ1v) is 9.12. The minimum absolute atomic E-state index is 0.334. The van der Waals surface area contributed by atoms with E-state index in [1.807, 2.05) is 20.8 Å². The van der Waals surface area contributed by atoms with Crippen LogP contribution < -0.4 is 10.4 Å². The maximum atomic E-state index is 12.6. The Morgan fingerprint density at radius 2 is 1.78 bits per heavy atom. The molecule has 2 aromatic carbocycles. The van der Waals surface area contributed by atoms with Gasteiger partial charge in [0.2, 0.25) is 0 Å². The highest BCUT2D eigenvalue weighted by molar-refractivity contribution is 6.30. The molecule has 0 aliphatic heterocycles. The Labute approximate surface area is 162 Å². The number of carbonyl (C=O) groups is 1. The molecule has 5 nitrogen and oxygen atoms in total. The first-order valence-electron chi connectivity index (χ1n) is 8.74. The summed E-state index contributed by atoms with van der Waals surface area (Å²) in [6, 6.07) is 12.1. The molecule has 1 aromatic heterocycles. The summed E-state index contributed by atoms with van der Waals surface area (Å²) in [6.45, 7) is 6.74. The standard InChI is InChI=1S/C21H20ClNO4/c1-4-23(5-2)21(25)26-16-10-11-17-13(3)19(20(24)27-18(17)12-16)14-6-8-15(22)9-7-14/h6-12H,4-5H2,1-3H3. The van der Waals surface area contributed by atoms with Crippen LogP contribution in [0.3, 0.4) is 0 Å². The van der Waals surface area contributed by atoms with E-state index in [9.17, 15) is 9.59 Å². The minimum atomic E-state index is -0.449. The Kier molecular flexibility index (Phi) is 5.51. The lowest BCUT2D eigenvalue weighted by Crippen LogP contribution is -2.33. The van der Waals surface area contributed by atoms with E-state index < -0.39 is 11.7 Å². The molecule has 0 saturated carbocycles. The van der Waals surface area contributed by atoms with Crippen molar-refractivity contribution < 1.29 is 13.9 Å². The van der Waals surface area contributed by atoms with Crippen LogP contribution in [0.5, 0.6) is 5.75 Å². The minimum Gasteiger partial charge on any atom is -0.422 e. The lowest BCUT2D eigenvalue weighted by Gasteiger charge is -2.18. The van der Waals surface area contributed by atoms with Gasteiger partial charge in [-0.15, -0.1) is 0 Å². The van der Waals surface area contributed by atoms with Crippen molar-refractivity contribution in [2.45, 2.75) is 20.8 Å². The summed E-state index contributed by atoms with van der Waals surface area (Å²) in [7, 11) is 0. The molecule has 0 radical (unpaired) electrons. The molecule has 0 aliphatic rings. The fraction of sp³-hybridized carbons (Fsp3) is 0.238. The van der Waals surface area contributed by atoms with Gasteiger partial charge >= 0.3 is 11.7 Å². The summed E-state index contributed by atoms with van der Waals surface area (Å²) in [5.41, 5.74) is 1.96. The molecule has 0 N–H and O–H groups in total. The fourth-order valence-corrected chi connectivity index (χ4v) is 3.12. The quantitative estimate of drug-likeness (QED) is 0.574. The molecule has 0 bridgehead atoms. The van der Waals surface area contributed by atoms with Crippen molar-refractivity contribution in [2.75, 3.05) is 13.1 Å². The van der Waals surface area contributed by atoms with Gasteiger partial charge in [-0.1, -0.05) is 23.7 Å². The van der Waals surface area contributed by atoms with Gasteiger partial charge in [-0.25, -0.2) is 9.59 Å². The van der Waals surface area contributed by atoms with Crippen LogP contribution in [0.15, 0.2) is 51.7 Å². The molecule has 140 valence electrons. The topological polar surface area (TPSA) is 59.8 Å². The molecule has 0 unspecified atom stereocenters. The van der Waals surface area contributed by atoms with Crippen molar-refractivity contribution in [3.8, 4) is 16.9 Å². The van der Waals surface area contributed by atoms with Crippen molar-refractivity contribution in [2.24, 2.45) is 0 Å². The van der Waals surface area contributed by atoms with Crippen LogP contribution in [0.1, 0.15) is 19.4 Å². The highest BCUT2D eigenvalue weighted by Gasteiger charge is 2.16. The van der Waals surface area contributed by atoms with Crippen LogP contribution in [-0.2, 0) is 0 Å². The number of amides is 1. The van der Waals surface area contributed by atoms with Crippen molar-refractivity contribution in [3.05, 3.63) is 63.5 Å². The second-order valence-electron chi connectivity index (χ2n) is 6.09. The number of benzene rings is 2. The fourth-order valence-electron chi connectivity index (χ4n) is 3.00. The van der Waals surface area contributed by atoms with Gasteiger partial charge in [-0.3, -0.25) is 0 Å². The zero-order valence-corrected chi connectivity index (χ0v) is 16.2. The van der Waals surface area contributed by atoms with Crippen molar-refractivity contribution in [1.29, 1.82) is 0 Å². The average molecular weight is 386 g/mol. The van der Waals surface area contributed by atoms with Crippen molar-refractivity contribution in [1.82, 2.24) is 4.90 Å². The summed E-state index contributed by atoms with van der Waals surface area (Å²) in [5.74, 6) is 0.334. The van der Waals surface area contributed by atoms with Gasteiger partial charge in [0.15, 0.2) is 0 Å². The molecule has 0 spiro atoms. The second kappa shape index (κ2) is 7.84. The van der Waals surface area contributed by atoms with Gasteiger partial charge in [0.1, 0.15) is 11.3 Å². The molecule has 0 atom stereocenters. The van der Waals surface area contributed by atoms with E-state index >= 15 is 0 Å². The van der Waals surface area contributed by atoms with Gasteiger partial charge < -0.3 is 14.1 Å². The van der Waals surface area contributed by atoms with E-state index in [2.05, 4.69) is 0 Å². The Hall–Kier alpha value is -2.79. The molecule has 1 amide bonds. The zero-order chi connectivity index (χ0) is 19.6. The number of hydrogen-bond donors (Lipinski definition) is 0. The molecule has 27 heavy (non-hydrogen) atoms. The third-order valence-electron chi connectivity index (χ3n) is 4.50. The van der Waals surface area contributed by atoms with Crippen LogP contribution in [0, 0.1) is 6.92 Å². The Balaban J connectivity index is 2.02. The lowest BCUT2D eigenvalue weighted by atomic mass is 10.00.